The number of fused-ring (bicyclic) bond motifs is 1. The highest BCUT2D eigenvalue weighted by molar-refractivity contribution is 5.98. The number of ether oxygens (including phenoxy) is 3. The highest BCUT2D eigenvalue weighted by Crippen LogP contribution is 2.32. The van der Waals surface area contributed by atoms with Crippen LogP contribution in [0.4, 0.5) is 0 Å². The Morgan fingerprint density at radius 3 is 2.53 bits per heavy atom. The van der Waals surface area contributed by atoms with E-state index in [0.29, 0.717) is 36.8 Å². The van der Waals surface area contributed by atoms with Gasteiger partial charge in [0.15, 0.2) is 11.8 Å². The molecule has 1 aliphatic rings. The van der Waals surface area contributed by atoms with Crippen LogP contribution in [-0.2, 0) is 16.0 Å². The van der Waals surface area contributed by atoms with E-state index in [1.54, 1.807) is 36.1 Å². The number of carbonyl (C=O) groups is 2. The summed E-state index contributed by atoms with van der Waals surface area (Å²) >= 11 is 0. The van der Waals surface area contributed by atoms with E-state index >= 15 is 0 Å². The molecule has 1 N–H and O–H groups in total. The van der Waals surface area contributed by atoms with Crippen LogP contribution in [0, 0.1) is 0 Å². The Balaban J connectivity index is 1.57. The van der Waals surface area contributed by atoms with Gasteiger partial charge in [-0.25, -0.2) is 4.79 Å². The van der Waals surface area contributed by atoms with Crippen LogP contribution in [0.25, 0.3) is 0 Å². The molecular formula is C23H27NO6. The van der Waals surface area contributed by atoms with Gasteiger partial charge in [-0.3, -0.25) is 9.69 Å². The minimum atomic E-state index is -0.977. The van der Waals surface area contributed by atoms with Crippen LogP contribution in [0.3, 0.4) is 0 Å². The van der Waals surface area contributed by atoms with Gasteiger partial charge in [0, 0.05) is 13.0 Å². The fourth-order valence-electron chi connectivity index (χ4n) is 3.43. The molecule has 2 aromatic rings. The number of hydrogen-bond donors (Lipinski definition) is 1. The predicted octanol–water partition coefficient (Wildman–Crippen LogP) is 3.37. The molecule has 1 heterocycles. The van der Waals surface area contributed by atoms with E-state index in [9.17, 15) is 14.7 Å². The largest absolute Gasteiger partial charge is 0.492 e. The van der Waals surface area contributed by atoms with Crippen molar-refractivity contribution in [2.75, 3.05) is 19.8 Å². The van der Waals surface area contributed by atoms with Gasteiger partial charge in [0.05, 0.1) is 12.1 Å². The van der Waals surface area contributed by atoms with Gasteiger partial charge in [0.25, 0.3) is 5.91 Å². The summed E-state index contributed by atoms with van der Waals surface area (Å²) in [4.78, 5) is 25.7. The lowest BCUT2D eigenvalue weighted by Gasteiger charge is -2.42. The third-order valence-corrected chi connectivity index (χ3v) is 4.94. The summed E-state index contributed by atoms with van der Waals surface area (Å²) in [5.41, 5.74) is 0.619. The van der Waals surface area contributed by atoms with Gasteiger partial charge in [0.1, 0.15) is 18.1 Å². The lowest BCUT2D eigenvalue weighted by atomic mass is 10.1. The molecule has 0 fully saturated rings. The molecule has 3 rings (SSSR count). The van der Waals surface area contributed by atoms with E-state index in [0.717, 1.165) is 5.56 Å². The molecule has 0 aromatic heterocycles. The number of hydrogen-bond acceptors (Lipinski definition) is 5. The van der Waals surface area contributed by atoms with Crippen molar-refractivity contribution in [2.45, 2.75) is 39.0 Å². The van der Waals surface area contributed by atoms with Crippen LogP contribution in [0.2, 0.25) is 0 Å². The second kappa shape index (κ2) is 9.17. The van der Waals surface area contributed by atoms with Gasteiger partial charge in [0.2, 0.25) is 0 Å². The van der Waals surface area contributed by atoms with Gasteiger partial charge in [-0.05, 0) is 50.6 Å². The molecule has 0 saturated heterocycles. The van der Waals surface area contributed by atoms with E-state index in [1.165, 1.54) is 0 Å². The maximum atomic E-state index is 12.9. The Labute approximate surface area is 176 Å². The van der Waals surface area contributed by atoms with Gasteiger partial charge in [-0.2, -0.15) is 0 Å². The monoisotopic (exact) mass is 413 g/mol. The Morgan fingerprint density at radius 2 is 1.87 bits per heavy atom. The van der Waals surface area contributed by atoms with Gasteiger partial charge < -0.3 is 19.3 Å². The third kappa shape index (κ3) is 4.91. The molecule has 1 aliphatic heterocycles. The number of amides is 1. The van der Waals surface area contributed by atoms with E-state index in [-0.39, 0.29) is 12.3 Å². The van der Waals surface area contributed by atoms with E-state index in [1.807, 2.05) is 38.1 Å². The van der Waals surface area contributed by atoms with Crippen molar-refractivity contribution in [3.8, 4) is 11.5 Å². The first-order valence-electron chi connectivity index (χ1n) is 9.98. The van der Waals surface area contributed by atoms with Crippen LogP contribution < -0.4 is 9.47 Å². The molecular weight excluding hydrogens is 386 g/mol. The van der Waals surface area contributed by atoms with Crippen LogP contribution >= 0.6 is 0 Å². The zero-order valence-corrected chi connectivity index (χ0v) is 17.5. The molecule has 0 bridgehead atoms. The van der Waals surface area contributed by atoms with Crippen molar-refractivity contribution >= 4 is 11.9 Å². The Kier molecular flexibility index (Phi) is 6.62. The number of para-hydroxylation sites is 1. The van der Waals surface area contributed by atoms with Gasteiger partial charge >= 0.3 is 5.97 Å². The normalized spacial score (nSPS) is 15.8. The third-order valence-electron chi connectivity index (χ3n) is 4.94. The minimum Gasteiger partial charge on any atom is -0.492 e. The first-order chi connectivity index (χ1) is 14.3. The molecule has 2 aromatic carbocycles. The lowest BCUT2D eigenvalue weighted by molar-refractivity contribution is -0.149. The van der Waals surface area contributed by atoms with Gasteiger partial charge in [-0.15, -0.1) is 0 Å². The highest BCUT2D eigenvalue weighted by Gasteiger charge is 2.39. The Hall–Kier alpha value is -3.06. The number of carboxylic acid groups (broad SMARTS) is 1. The summed E-state index contributed by atoms with van der Waals surface area (Å²) in [6.45, 7) is 6.49. The maximum absolute atomic E-state index is 12.9. The fraction of sp³-hybridized carbons (Fsp3) is 0.391. The standard InChI is InChI=1S/C23H27NO6/c1-4-28-20(22(26)27)15-16-9-11-17(12-10-16)29-14-13-24-21(25)18-7-5-6-8-19(18)30-23(24,2)3/h5-12,20H,4,13-15H2,1-3H3,(H,26,27). The number of aliphatic carboxylic acids is 1. The van der Waals surface area contributed by atoms with Crippen molar-refractivity contribution in [1.82, 2.24) is 4.90 Å². The molecule has 0 saturated carbocycles. The summed E-state index contributed by atoms with van der Waals surface area (Å²) in [7, 11) is 0. The van der Waals surface area contributed by atoms with Crippen LogP contribution in [0.5, 0.6) is 11.5 Å². The van der Waals surface area contributed by atoms with Crippen molar-refractivity contribution in [3.05, 3.63) is 59.7 Å². The first-order valence-corrected chi connectivity index (χ1v) is 9.98. The van der Waals surface area contributed by atoms with E-state index < -0.39 is 17.8 Å². The second-order valence-corrected chi connectivity index (χ2v) is 7.48. The average Bonchev–Trinajstić information content (AvgIpc) is 2.70. The average molecular weight is 413 g/mol. The molecule has 7 heteroatoms. The smallest absolute Gasteiger partial charge is 0.333 e. The van der Waals surface area contributed by atoms with Crippen LogP contribution in [0.15, 0.2) is 48.5 Å². The molecule has 160 valence electrons. The molecule has 7 nitrogen and oxygen atoms in total. The number of carboxylic acids is 1. The summed E-state index contributed by atoms with van der Waals surface area (Å²) in [5, 5.41) is 9.19. The van der Waals surface area contributed by atoms with E-state index in [2.05, 4.69) is 0 Å². The summed E-state index contributed by atoms with van der Waals surface area (Å²) < 4.78 is 17.0. The highest BCUT2D eigenvalue weighted by atomic mass is 16.5. The SMILES string of the molecule is CCOC(Cc1ccc(OCCN2C(=O)c3ccccc3OC2(C)C)cc1)C(=O)O. The summed E-state index contributed by atoms with van der Waals surface area (Å²) in [6, 6.07) is 14.4. The molecule has 1 unspecified atom stereocenters. The zero-order valence-electron chi connectivity index (χ0n) is 17.5. The number of benzene rings is 2. The molecule has 0 radical (unpaired) electrons. The van der Waals surface area contributed by atoms with Gasteiger partial charge in [-0.1, -0.05) is 24.3 Å². The van der Waals surface area contributed by atoms with Crippen LogP contribution in [-0.4, -0.2) is 53.5 Å². The summed E-state index contributed by atoms with van der Waals surface area (Å²) in [6.07, 6.45) is -0.576. The van der Waals surface area contributed by atoms with Crippen molar-refractivity contribution < 1.29 is 28.9 Å². The van der Waals surface area contributed by atoms with Crippen molar-refractivity contribution in [3.63, 3.8) is 0 Å². The van der Waals surface area contributed by atoms with Crippen LogP contribution in [0.1, 0.15) is 36.7 Å². The zero-order chi connectivity index (χ0) is 21.7. The topological polar surface area (TPSA) is 85.3 Å². The maximum Gasteiger partial charge on any atom is 0.333 e. The second-order valence-electron chi connectivity index (χ2n) is 7.48. The number of carbonyl (C=O) groups excluding carboxylic acids is 1. The van der Waals surface area contributed by atoms with E-state index in [4.69, 9.17) is 14.2 Å². The Morgan fingerprint density at radius 1 is 1.17 bits per heavy atom. The number of nitrogens with zero attached hydrogens (tertiary/aromatic N) is 1. The Bertz CT molecular complexity index is 893. The molecule has 1 amide bonds. The van der Waals surface area contributed by atoms with Crippen molar-refractivity contribution in [2.24, 2.45) is 0 Å². The fourth-order valence-corrected chi connectivity index (χ4v) is 3.43. The quantitative estimate of drug-likeness (QED) is 0.678. The molecule has 0 spiro atoms. The molecule has 0 aliphatic carbocycles. The number of rotatable bonds is 9. The molecule has 30 heavy (non-hydrogen) atoms. The minimum absolute atomic E-state index is 0.0866. The van der Waals surface area contributed by atoms with Crippen molar-refractivity contribution in [1.29, 1.82) is 0 Å². The lowest BCUT2D eigenvalue weighted by Crippen LogP contribution is -2.55. The first kappa shape index (κ1) is 21.6. The predicted molar refractivity (Wildman–Crippen MR) is 111 cm³/mol. The summed E-state index contributed by atoms with van der Waals surface area (Å²) in [5.74, 6) is 0.170. The molecule has 1 atom stereocenters.